The van der Waals surface area contributed by atoms with Gasteiger partial charge in [-0.3, -0.25) is 14.2 Å². The quantitative estimate of drug-likeness (QED) is 0.378. The van der Waals surface area contributed by atoms with Gasteiger partial charge in [0.2, 0.25) is 5.75 Å². The number of thiophene rings is 1. The van der Waals surface area contributed by atoms with Crippen LogP contribution in [0, 0.1) is 0 Å². The van der Waals surface area contributed by atoms with Crippen molar-refractivity contribution in [2.24, 2.45) is 4.99 Å². The van der Waals surface area contributed by atoms with Crippen LogP contribution in [0.25, 0.3) is 6.08 Å². The molecule has 3 heterocycles. The molecule has 0 saturated heterocycles. The molecular formula is C28H25N3O5S2. The number of nitrogens with zero attached hydrogens (tertiary/aromatic N) is 2. The summed E-state index contributed by atoms with van der Waals surface area (Å²) in [6.45, 7) is 1.80. The van der Waals surface area contributed by atoms with E-state index >= 15 is 0 Å². The lowest BCUT2D eigenvalue weighted by atomic mass is 10.0. The fraction of sp³-hybridized carbons (Fsp3) is 0.179. The summed E-state index contributed by atoms with van der Waals surface area (Å²) in [7, 11) is 4.62. The predicted molar refractivity (Wildman–Crippen MR) is 149 cm³/mol. The maximum absolute atomic E-state index is 13.9. The Bertz CT molecular complexity index is 1700. The molecule has 0 fully saturated rings. The van der Waals surface area contributed by atoms with Crippen molar-refractivity contribution in [1.29, 1.82) is 0 Å². The summed E-state index contributed by atoms with van der Waals surface area (Å²) in [5, 5.41) is 4.89. The van der Waals surface area contributed by atoms with Gasteiger partial charge < -0.3 is 19.5 Å². The topological polar surface area (TPSA) is 91.2 Å². The zero-order valence-corrected chi connectivity index (χ0v) is 22.8. The van der Waals surface area contributed by atoms with Crippen molar-refractivity contribution in [2.45, 2.75) is 13.0 Å². The number of allylic oxidation sites excluding steroid dienone is 1. The van der Waals surface area contributed by atoms with Crippen molar-refractivity contribution in [3.63, 3.8) is 0 Å². The first-order valence-electron chi connectivity index (χ1n) is 11.7. The van der Waals surface area contributed by atoms with Crippen molar-refractivity contribution in [3.8, 4) is 17.2 Å². The van der Waals surface area contributed by atoms with E-state index in [0.717, 1.165) is 4.88 Å². The number of benzene rings is 2. The first-order chi connectivity index (χ1) is 18.5. The lowest BCUT2D eigenvalue weighted by Crippen LogP contribution is -2.40. The van der Waals surface area contributed by atoms with Gasteiger partial charge in [0.05, 0.1) is 37.1 Å². The molecule has 2 aromatic heterocycles. The molecule has 0 saturated carbocycles. The summed E-state index contributed by atoms with van der Waals surface area (Å²) in [5.74, 6) is 1.10. The summed E-state index contributed by atoms with van der Waals surface area (Å²) in [5.41, 5.74) is 2.07. The Balaban J connectivity index is 1.66. The molecule has 0 bridgehead atoms. The lowest BCUT2D eigenvalue weighted by Gasteiger charge is -2.24. The number of carbonyl (C=O) groups is 1. The van der Waals surface area contributed by atoms with Gasteiger partial charge in [0.1, 0.15) is 6.04 Å². The Morgan fingerprint density at radius 2 is 1.76 bits per heavy atom. The van der Waals surface area contributed by atoms with Gasteiger partial charge in [-0.05, 0) is 48.7 Å². The molecule has 1 amide bonds. The number of rotatable bonds is 7. The van der Waals surface area contributed by atoms with Gasteiger partial charge in [-0.2, -0.15) is 0 Å². The number of para-hydroxylation sites is 1. The van der Waals surface area contributed by atoms with Crippen LogP contribution in [0.1, 0.15) is 23.4 Å². The Morgan fingerprint density at radius 3 is 2.42 bits per heavy atom. The number of hydrogen-bond acceptors (Lipinski definition) is 8. The van der Waals surface area contributed by atoms with Crippen LogP contribution in [0.5, 0.6) is 17.2 Å². The highest BCUT2D eigenvalue weighted by atomic mass is 32.1. The van der Waals surface area contributed by atoms with Crippen molar-refractivity contribution >= 4 is 40.3 Å². The Kier molecular flexibility index (Phi) is 7.17. The minimum Gasteiger partial charge on any atom is -0.493 e. The third-order valence-electron chi connectivity index (χ3n) is 6.13. The molecule has 0 unspecified atom stereocenters. The third-order valence-corrected chi connectivity index (χ3v) is 8.04. The number of methoxy groups -OCH3 is 3. The smallest absolute Gasteiger partial charge is 0.271 e. The molecule has 1 N–H and O–H groups in total. The number of ether oxygens (including phenoxy) is 3. The second-order valence-electron chi connectivity index (χ2n) is 8.34. The molecule has 0 aliphatic carbocycles. The fourth-order valence-corrected chi connectivity index (χ4v) is 6.29. The molecule has 0 radical (unpaired) electrons. The van der Waals surface area contributed by atoms with Crippen molar-refractivity contribution < 1.29 is 19.0 Å². The number of aromatic nitrogens is 1. The van der Waals surface area contributed by atoms with Crippen LogP contribution in [0.15, 0.2) is 81.0 Å². The second-order valence-corrected chi connectivity index (χ2v) is 10.3. The normalized spacial score (nSPS) is 15.1. The van der Waals surface area contributed by atoms with E-state index < -0.39 is 6.04 Å². The highest BCUT2D eigenvalue weighted by Gasteiger charge is 2.33. The van der Waals surface area contributed by atoms with Crippen LogP contribution in [-0.4, -0.2) is 31.8 Å². The average Bonchev–Trinajstić information content (AvgIpc) is 3.56. The molecule has 1 aliphatic heterocycles. The SMILES string of the molecule is COc1ccc(C=c2sc3n(c2=O)[C@H](c2cccs2)C(C(=O)Nc2ccccc2)=C(C)N=3)c(OC)c1OC. The highest BCUT2D eigenvalue weighted by molar-refractivity contribution is 7.10. The van der Waals surface area contributed by atoms with E-state index in [-0.39, 0.29) is 11.5 Å². The largest absolute Gasteiger partial charge is 0.493 e. The van der Waals surface area contributed by atoms with Gasteiger partial charge in [-0.1, -0.05) is 35.6 Å². The standard InChI is InChI=1S/C28H25N3O5S2/c1-16-22(26(32)30-18-9-6-5-7-10-18)23(20-11-8-14-37-20)31-27(33)21(38-28(31)29-16)15-17-12-13-19(34-2)25(36-4)24(17)35-3/h5-15,23H,1-4H3,(H,30,32)/t23-/m1/s1. The molecule has 8 nitrogen and oxygen atoms in total. The van der Waals surface area contributed by atoms with E-state index in [1.54, 1.807) is 36.8 Å². The second kappa shape index (κ2) is 10.7. The maximum Gasteiger partial charge on any atom is 0.271 e. The van der Waals surface area contributed by atoms with Gasteiger partial charge in [0.25, 0.3) is 11.5 Å². The van der Waals surface area contributed by atoms with Crippen LogP contribution >= 0.6 is 22.7 Å². The van der Waals surface area contributed by atoms with E-state index in [9.17, 15) is 9.59 Å². The summed E-state index contributed by atoms with van der Waals surface area (Å²) in [6.07, 6.45) is 1.75. The molecule has 1 aliphatic rings. The third kappa shape index (κ3) is 4.52. The molecular weight excluding hydrogens is 522 g/mol. The number of anilines is 1. The Labute approximate surface area is 226 Å². The van der Waals surface area contributed by atoms with Crippen molar-refractivity contribution in [1.82, 2.24) is 4.57 Å². The van der Waals surface area contributed by atoms with Crippen LogP contribution in [0.2, 0.25) is 0 Å². The molecule has 10 heteroatoms. The number of carbonyl (C=O) groups excluding carboxylic acids is 1. The lowest BCUT2D eigenvalue weighted by molar-refractivity contribution is -0.113. The molecule has 2 aromatic carbocycles. The van der Waals surface area contributed by atoms with Gasteiger partial charge in [0.15, 0.2) is 16.3 Å². The number of amides is 1. The molecule has 38 heavy (non-hydrogen) atoms. The molecule has 0 spiro atoms. The van der Waals surface area contributed by atoms with Gasteiger partial charge in [-0.15, -0.1) is 11.3 Å². The number of hydrogen-bond donors (Lipinski definition) is 1. The first kappa shape index (κ1) is 25.5. The van der Waals surface area contributed by atoms with E-state index in [2.05, 4.69) is 10.3 Å². The monoisotopic (exact) mass is 547 g/mol. The Hall–Kier alpha value is -4.15. The van der Waals surface area contributed by atoms with Gasteiger partial charge in [0, 0.05) is 16.1 Å². The molecule has 4 aromatic rings. The van der Waals surface area contributed by atoms with E-state index in [0.29, 0.717) is 49.1 Å². The number of fused-ring (bicyclic) bond motifs is 1. The van der Waals surface area contributed by atoms with Crippen LogP contribution in [-0.2, 0) is 4.79 Å². The zero-order chi connectivity index (χ0) is 26.8. The summed E-state index contributed by atoms with van der Waals surface area (Å²) in [6, 6.07) is 16.0. The summed E-state index contributed by atoms with van der Waals surface area (Å²) >= 11 is 2.75. The first-order valence-corrected chi connectivity index (χ1v) is 13.4. The maximum atomic E-state index is 13.9. The van der Waals surface area contributed by atoms with Gasteiger partial charge in [-0.25, -0.2) is 4.99 Å². The van der Waals surface area contributed by atoms with Crippen molar-refractivity contribution in [2.75, 3.05) is 26.6 Å². The molecule has 194 valence electrons. The highest BCUT2D eigenvalue weighted by Crippen LogP contribution is 2.40. The Morgan fingerprint density at radius 1 is 1.00 bits per heavy atom. The van der Waals surface area contributed by atoms with E-state index in [1.165, 1.54) is 36.9 Å². The van der Waals surface area contributed by atoms with Crippen LogP contribution in [0.4, 0.5) is 5.69 Å². The van der Waals surface area contributed by atoms with E-state index in [1.807, 2.05) is 47.8 Å². The predicted octanol–water partition coefficient (Wildman–Crippen LogP) is 3.96. The summed E-state index contributed by atoms with van der Waals surface area (Å²) < 4.78 is 18.5. The number of nitrogens with one attached hydrogen (secondary N) is 1. The minimum atomic E-state index is -0.607. The average molecular weight is 548 g/mol. The minimum absolute atomic E-state index is 0.249. The molecule has 5 rings (SSSR count). The van der Waals surface area contributed by atoms with E-state index in [4.69, 9.17) is 14.2 Å². The van der Waals surface area contributed by atoms with Crippen molar-refractivity contribution in [3.05, 3.63) is 101 Å². The van der Waals surface area contributed by atoms with Crippen LogP contribution in [0.3, 0.4) is 0 Å². The number of thiazole rings is 1. The van der Waals surface area contributed by atoms with Crippen LogP contribution < -0.4 is 34.4 Å². The van der Waals surface area contributed by atoms with Gasteiger partial charge >= 0.3 is 0 Å². The fourth-order valence-electron chi connectivity index (χ4n) is 4.43. The molecule has 1 atom stereocenters. The zero-order valence-electron chi connectivity index (χ0n) is 21.2. The summed E-state index contributed by atoms with van der Waals surface area (Å²) in [4.78, 5) is 33.5.